The van der Waals surface area contributed by atoms with E-state index in [-0.39, 0.29) is 22.8 Å². The van der Waals surface area contributed by atoms with Crippen LogP contribution < -0.4 is 11.1 Å². The van der Waals surface area contributed by atoms with Crippen LogP contribution in [0.3, 0.4) is 0 Å². The van der Waals surface area contributed by atoms with Gasteiger partial charge in [-0.2, -0.15) is 0 Å². The summed E-state index contributed by atoms with van der Waals surface area (Å²) in [5.41, 5.74) is 7.60. The number of nitrogen functional groups attached to an aromatic ring is 1. The molecule has 0 spiro atoms. The Balaban J connectivity index is 2.58. The van der Waals surface area contributed by atoms with Crippen LogP contribution in [0.1, 0.15) is 65.9 Å². The Hall–Kier alpha value is -1.51. The Labute approximate surface area is 129 Å². The molecular weight excluding hydrogens is 260 g/mol. The fourth-order valence-electron chi connectivity index (χ4n) is 3.02. The Morgan fingerprint density at radius 2 is 1.67 bits per heavy atom. The molecule has 1 atom stereocenters. The fraction of sp³-hybridized carbons (Fsp3) is 0.611. The summed E-state index contributed by atoms with van der Waals surface area (Å²) in [6.45, 7) is 12.8. The standard InChI is InChI=1S/C18H30N2O/c1-13(14-7-9-15(19)10-8-14)11-16(21)20-18(5,6)12-17(2,3)4/h7-10,13H,11-12,19H2,1-6H3,(H,20,21). The van der Waals surface area contributed by atoms with Gasteiger partial charge in [0.25, 0.3) is 0 Å². The van der Waals surface area contributed by atoms with Crippen LogP contribution in [0.25, 0.3) is 0 Å². The molecule has 118 valence electrons. The van der Waals surface area contributed by atoms with E-state index in [0.29, 0.717) is 6.42 Å². The van der Waals surface area contributed by atoms with Crippen molar-refractivity contribution in [2.75, 3.05) is 5.73 Å². The van der Waals surface area contributed by atoms with Crippen molar-refractivity contribution < 1.29 is 4.79 Å². The number of amides is 1. The molecule has 0 aliphatic rings. The van der Waals surface area contributed by atoms with Crippen molar-refractivity contribution in [3.05, 3.63) is 29.8 Å². The minimum absolute atomic E-state index is 0.105. The summed E-state index contributed by atoms with van der Waals surface area (Å²) in [5, 5.41) is 3.16. The third-order valence-electron chi connectivity index (χ3n) is 3.45. The van der Waals surface area contributed by atoms with Gasteiger partial charge in [-0.1, -0.05) is 39.8 Å². The number of nitrogens with two attached hydrogens (primary N) is 1. The molecule has 3 nitrogen and oxygen atoms in total. The van der Waals surface area contributed by atoms with Crippen LogP contribution in [0.5, 0.6) is 0 Å². The number of anilines is 1. The van der Waals surface area contributed by atoms with Crippen molar-refractivity contribution in [1.29, 1.82) is 0 Å². The van der Waals surface area contributed by atoms with Crippen molar-refractivity contribution in [3.8, 4) is 0 Å². The first-order chi connectivity index (χ1) is 9.48. The Bertz CT molecular complexity index is 469. The first-order valence-corrected chi connectivity index (χ1v) is 7.65. The normalized spacial score (nSPS) is 13.8. The maximum Gasteiger partial charge on any atom is 0.221 e. The van der Waals surface area contributed by atoms with Crippen molar-refractivity contribution in [1.82, 2.24) is 5.32 Å². The quantitative estimate of drug-likeness (QED) is 0.802. The maximum absolute atomic E-state index is 12.3. The number of carbonyl (C=O) groups is 1. The van der Waals surface area contributed by atoms with E-state index in [9.17, 15) is 4.79 Å². The minimum Gasteiger partial charge on any atom is -0.399 e. The van der Waals surface area contributed by atoms with Gasteiger partial charge in [-0.3, -0.25) is 4.79 Å². The van der Waals surface area contributed by atoms with Crippen LogP contribution in [0.15, 0.2) is 24.3 Å². The van der Waals surface area contributed by atoms with Gasteiger partial charge in [0.2, 0.25) is 5.91 Å². The molecule has 0 aliphatic carbocycles. The zero-order chi connectivity index (χ0) is 16.3. The molecular formula is C18H30N2O. The lowest BCUT2D eigenvalue weighted by molar-refractivity contribution is -0.123. The summed E-state index contributed by atoms with van der Waals surface area (Å²) in [7, 11) is 0. The number of carbonyl (C=O) groups excluding carboxylic acids is 1. The number of hydrogen-bond donors (Lipinski definition) is 2. The molecule has 0 heterocycles. The molecule has 0 aromatic heterocycles. The van der Waals surface area contributed by atoms with Crippen LogP contribution >= 0.6 is 0 Å². The average Bonchev–Trinajstić information content (AvgIpc) is 2.24. The van der Waals surface area contributed by atoms with Gasteiger partial charge >= 0.3 is 0 Å². The van der Waals surface area contributed by atoms with E-state index in [4.69, 9.17) is 5.73 Å². The Morgan fingerprint density at radius 3 is 2.14 bits per heavy atom. The summed E-state index contributed by atoms with van der Waals surface area (Å²) in [6, 6.07) is 7.75. The Kier molecular flexibility index (Phi) is 5.43. The highest BCUT2D eigenvalue weighted by Gasteiger charge is 2.27. The van der Waals surface area contributed by atoms with Gasteiger partial charge in [0.15, 0.2) is 0 Å². The van der Waals surface area contributed by atoms with E-state index in [1.54, 1.807) is 0 Å². The maximum atomic E-state index is 12.3. The molecule has 0 fully saturated rings. The largest absolute Gasteiger partial charge is 0.399 e. The van der Waals surface area contributed by atoms with Gasteiger partial charge in [-0.25, -0.2) is 0 Å². The van der Waals surface area contributed by atoms with Crippen molar-refractivity contribution >= 4 is 11.6 Å². The first kappa shape index (κ1) is 17.5. The van der Waals surface area contributed by atoms with Gasteiger partial charge < -0.3 is 11.1 Å². The molecule has 0 radical (unpaired) electrons. The number of hydrogen-bond acceptors (Lipinski definition) is 2. The van der Waals surface area contributed by atoms with Crippen LogP contribution in [-0.4, -0.2) is 11.4 Å². The molecule has 1 rings (SSSR count). The fourth-order valence-corrected chi connectivity index (χ4v) is 3.02. The lowest BCUT2D eigenvalue weighted by atomic mass is 9.81. The number of nitrogens with one attached hydrogen (secondary N) is 1. The van der Waals surface area contributed by atoms with E-state index < -0.39 is 0 Å². The van der Waals surface area contributed by atoms with Crippen LogP contribution in [-0.2, 0) is 4.79 Å². The summed E-state index contributed by atoms with van der Waals surface area (Å²) >= 11 is 0. The molecule has 3 N–H and O–H groups in total. The third-order valence-corrected chi connectivity index (χ3v) is 3.45. The molecule has 0 saturated carbocycles. The predicted octanol–water partition coefficient (Wildman–Crippen LogP) is 4.09. The van der Waals surface area contributed by atoms with Gasteiger partial charge in [0.05, 0.1) is 0 Å². The molecule has 1 aromatic rings. The van der Waals surface area contributed by atoms with Gasteiger partial charge in [0, 0.05) is 17.6 Å². The topological polar surface area (TPSA) is 55.1 Å². The second-order valence-corrected chi connectivity index (χ2v) is 7.94. The zero-order valence-corrected chi connectivity index (χ0v) is 14.3. The molecule has 0 aliphatic heterocycles. The van der Waals surface area contributed by atoms with E-state index in [0.717, 1.165) is 17.7 Å². The van der Waals surface area contributed by atoms with Crippen molar-refractivity contribution in [2.45, 2.75) is 65.8 Å². The molecule has 3 heteroatoms. The second kappa shape index (κ2) is 6.50. The number of benzene rings is 1. The molecule has 1 unspecified atom stereocenters. The van der Waals surface area contributed by atoms with E-state index in [2.05, 4.69) is 46.9 Å². The second-order valence-electron chi connectivity index (χ2n) is 7.94. The van der Waals surface area contributed by atoms with Crippen LogP contribution in [0.2, 0.25) is 0 Å². The van der Waals surface area contributed by atoms with Crippen LogP contribution in [0, 0.1) is 5.41 Å². The number of rotatable bonds is 5. The predicted molar refractivity (Wildman–Crippen MR) is 90.2 cm³/mol. The lowest BCUT2D eigenvalue weighted by Crippen LogP contribution is -2.46. The highest BCUT2D eigenvalue weighted by Crippen LogP contribution is 2.27. The summed E-state index contributed by atoms with van der Waals surface area (Å²) in [4.78, 5) is 12.3. The van der Waals surface area contributed by atoms with E-state index >= 15 is 0 Å². The molecule has 21 heavy (non-hydrogen) atoms. The highest BCUT2D eigenvalue weighted by molar-refractivity contribution is 5.77. The monoisotopic (exact) mass is 290 g/mol. The van der Waals surface area contributed by atoms with E-state index in [1.165, 1.54) is 0 Å². The summed E-state index contributed by atoms with van der Waals surface area (Å²) in [6.07, 6.45) is 1.44. The van der Waals surface area contributed by atoms with Crippen molar-refractivity contribution in [3.63, 3.8) is 0 Å². The van der Waals surface area contributed by atoms with Crippen molar-refractivity contribution in [2.24, 2.45) is 5.41 Å². The van der Waals surface area contributed by atoms with E-state index in [1.807, 2.05) is 24.3 Å². The molecule has 1 amide bonds. The first-order valence-electron chi connectivity index (χ1n) is 7.65. The lowest BCUT2D eigenvalue weighted by Gasteiger charge is -2.33. The summed E-state index contributed by atoms with van der Waals surface area (Å²) in [5.74, 6) is 0.296. The van der Waals surface area contributed by atoms with Gasteiger partial charge in [-0.15, -0.1) is 0 Å². The molecule has 0 bridgehead atoms. The molecule has 1 aromatic carbocycles. The minimum atomic E-state index is -0.184. The van der Waals surface area contributed by atoms with Crippen LogP contribution in [0.4, 0.5) is 5.69 Å². The average molecular weight is 290 g/mol. The smallest absolute Gasteiger partial charge is 0.221 e. The third kappa shape index (κ3) is 6.65. The zero-order valence-electron chi connectivity index (χ0n) is 14.3. The Morgan fingerprint density at radius 1 is 1.14 bits per heavy atom. The SMILES string of the molecule is CC(CC(=O)NC(C)(C)CC(C)(C)C)c1ccc(N)cc1. The highest BCUT2D eigenvalue weighted by atomic mass is 16.1. The van der Waals surface area contributed by atoms with Gasteiger partial charge in [0.1, 0.15) is 0 Å². The summed E-state index contributed by atoms with van der Waals surface area (Å²) < 4.78 is 0. The molecule has 0 saturated heterocycles. The van der Waals surface area contributed by atoms with Gasteiger partial charge in [-0.05, 0) is 49.3 Å².